The minimum Gasteiger partial charge on any atom is -0.481 e. The fourth-order valence-corrected chi connectivity index (χ4v) is 1.62. The molecule has 6 heteroatoms. The fourth-order valence-electron chi connectivity index (χ4n) is 1.62. The number of aromatic nitrogens is 2. The number of nitrogens with zero attached hydrogens (tertiary/aromatic N) is 2. The number of aliphatic carboxylic acids is 1. The van der Waals surface area contributed by atoms with Crippen LogP contribution < -0.4 is 5.32 Å². The van der Waals surface area contributed by atoms with Crippen LogP contribution in [0.25, 0.3) is 0 Å². The Labute approximate surface area is 98.6 Å². The van der Waals surface area contributed by atoms with Crippen LogP contribution in [0.1, 0.15) is 19.3 Å². The maximum Gasteiger partial charge on any atom is 0.311 e. The van der Waals surface area contributed by atoms with Crippen molar-refractivity contribution in [1.29, 1.82) is 0 Å². The van der Waals surface area contributed by atoms with E-state index in [1.54, 1.807) is 23.1 Å². The van der Waals surface area contributed by atoms with Gasteiger partial charge in [-0.05, 0) is 18.9 Å². The summed E-state index contributed by atoms with van der Waals surface area (Å²) < 4.78 is 1.67. The van der Waals surface area contributed by atoms with Gasteiger partial charge in [-0.15, -0.1) is 0 Å². The molecule has 0 saturated heterocycles. The van der Waals surface area contributed by atoms with E-state index in [4.69, 9.17) is 5.11 Å². The third kappa shape index (κ3) is 2.83. The molecule has 0 unspecified atom stereocenters. The number of hydrogen-bond acceptors (Lipinski definition) is 3. The standard InChI is InChI=1S/C11H15N3O3/c15-9(2-7-14-6-1-5-13-14)12-8-11(3-4-11)10(16)17/h1,5-6H,2-4,7-8H2,(H,12,15)(H,16,17). The fraction of sp³-hybridized carbons (Fsp3) is 0.545. The van der Waals surface area contributed by atoms with Crippen molar-refractivity contribution in [2.45, 2.75) is 25.8 Å². The van der Waals surface area contributed by atoms with Crippen molar-refractivity contribution >= 4 is 11.9 Å². The molecule has 0 spiro atoms. The van der Waals surface area contributed by atoms with Gasteiger partial charge < -0.3 is 10.4 Å². The molecular formula is C11H15N3O3. The highest BCUT2D eigenvalue weighted by atomic mass is 16.4. The third-order valence-corrected chi connectivity index (χ3v) is 3.06. The predicted octanol–water partition coefficient (Wildman–Crippen LogP) is 0.254. The van der Waals surface area contributed by atoms with E-state index in [-0.39, 0.29) is 12.5 Å². The second-order valence-corrected chi connectivity index (χ2v) is 4.38. The topological polar surface area (TPSA) is 84.2 Å². The number of rotatable bonds is 6. The zero-order valence-corrected chi connectivity index (χ0v) is 9.43. The first-order valence-corrected chi connectivity index (χ1v) is 5.60. The van der Waals surface area contributed by atoms with E-state index in [2.05, 4.69) is 10.4 Å². The monoisotopic (exact) mass is 237 g/mol. The zero-order valence-electron chi connectivity index (χ0n) is 9.43. The molecule has 0 aliphatic heterocycles. The highest BCUT2D eigenvalue weighted by Crippen LogP contribution is 2.45. The molecule has 92 valence electrons. The van der Waals surface area contributed by atoms with Gasteiger partial charge in [0.25, 0.3) is 0 Å². The lowest BCUT2D eigenvalue weighted by atomic mass is 10.1. The molecule has 6 nitrogen and oxygen atoms in total. The number of nitrogens with one attached hydrogen (secondary N) is 1. The van der Waals surface area contributed by atoms with Gasteiger partial charge in [0, 0.05) is 31.9 Å². The summed E-state index contributed by atoms with van der Waals surface area (Å²) in [7, 11) is 0. The minimum atomic E-state index is -0.815. The summed E-state index contributed by atoms with van der Waals surface area (Å²) in [4.78, 5) is 22.4. The number of carbonyl (C=O) groups excluding carboxylic acids is 1. The maximum atomic E-state index is 11.5. The van der Waals surface area contributed by atoms with Crippen molar-refractivity contribution in [3.05, 3.63) is 18.5 Å². The first kappa shape index (κ1) is 11.6. The summed E-state index contributed by atoms with van der Waals surface area (Å²) in [5.41, 5.74) is -0.693. The Morgan fingerprint density at radius 2 is 2.24 bits per heavy atom. The molecule has 1 aliphatic rings. The Hall–Kier alpha value is -1.85. The maximum absolute atomic E-state index is 11.5. The van der Waals surface area contributed by atoms with Gasteiger partial charge in [-0.1, -0.05) is 0 Å². The van der Waals surface area contributed by atoms with Crippen LogP contribution in [-0.4, -0.2) is 33.3 Å². The average molecular weight is 237 g/mol. The highest BCUT2D eigenvalue weighted by Gasteiger charge is 2.50. The van der Waals surface area contributed by atoms with Crippen molar-refractivity contribution in [3.63, 3.8) is 0 Å². The van der Waals surface area contributed by atoms with Gasteiger partial charge in [-0.2, -0.15) is 5.10 Å². The molecule has 0 bridgehead atoms. The Kier molecular flexibility index (Phi) is 3.12. The quantitative estimate of drug-likeness (QED) is 0.743. The summed E-state index contributed by atoms with van der Waals surface area (Å²) in [6.07, 6.45) is 5.06. The van der Waals surface area contributed by atoms with Gasteiger partial charge >= 0.3 is 5.97 Å². The number of amides is 1. The number of aryl methyl sites for hydroxylation is 1. The Morgan fingerprint density at radius 3 is 2.76 bits per heavy atom. The van der Waals surface area contributed by atoms with E-state index >= 15 is 0 Å². The van der Waals surface area contributed by atoms with Crippen molar-refractivity contribution in [1.82, 2.24) is 15.1 Å². The summed E-state index contributed by atoms with van der Waals surface area (Å²) >= 11 is 0. The summed E-state index contributed by atoms with van der Waals surface area (Å²) in [5.74, 6) is -0.946. The minimum absolute atomic E-state index is 0.131. The van der Waals surface area contributed by atoms with Gasteiger partial charge in [0.1, 0.15) is 0 Å². The molecule has 1 aromatic heterocycles. The van der Waals surface area contributed by atoms with Crippen LogP contribution in [0.4, 0.5) is 0 Å². The molecule has 1 aliphatic carbocycles. The second-order valence-electron chi connectivity index (χ2n) is 4.38. The molecular weight excluding hydrogens is 222 g/mol. The molecule has 1 amide bonds. The largest absolute Gasteiger partial charge is 0.481 e. The zero-order chi connectivity index (χ0) is 12.3. The van der Waals surface area contributed by atoms with E-state index in [0.717, 1.165) is 0 Å². The van der Waals surface area contributed by atoms with Crippen molar-refractivity contribution < 1.29 is 14.7 Å². The second kappa shape index (κ2) is 4.57. The molecule has 0 radical (unpaired) electrons. The van der Waals surface area contributed by atoms with Crippen LogP contribution in [0, 0.1) is 5.41 Å². The number of hydrogen-bond donors (Lipinski definition) is 2. The molecule has 0 aromatic carbocycles. The lowest BCUT2D eigenvalue weighted by molar-refractivity contribution is -0.143. The smallest absolute Gasteiger partial charge is 0.311 e. The molecule has 2 rings (SSSR count). The summed E-state index contributed by atoms with van der Waals surface area (Å²) in [5, 5.41) is 15.6. The lowest BCUT2D eigenvalue weighted by Gasteiger charge is -2.10. The van der Waals surface area contributed by atoms with Crippen molar-refractivity contribution in [2.75, 3.05) is 6.54 Å². The number of carboxylic acids is 1. The average Bonchev–Trinajstić information content (AvgIpc) is 2.93. The predicted molar refractivity (Wildman–Crippen MR) is 59.2 cm³/mol. The Morgan fingerprint density at radius 1 is 1.47 bits per heavy atom. The van der Waals surface area contributed by atoms with Crippen LogP contribution in [0.2, 0.25) is 0 Å². The molecule has 1 aromatic rings. The van der Waals surface area contributed by atoms with Crippen LogP contribution in [-0.2, 0) is 16.1 Å². The third-order valence-electron chi connectivity index (χ3n) is 3.06. The van der Waals surface area contributed by atoms with Crippen LogP contribution in [0.3, 0.4) is 0 Å². The van der Waals surface area contributed by atoms with Gasteiger partial charge in [-0.25, -0.2) is 0 Å². The van der Waals surface area contributed by atoms with Crippen LogP contribution >= 0.6 is 0 Å². The van der Waals surface area contributed by atoms with Gasteiger partial charge in [0.15, 0.2) is 0 Å². The molecule has 1 heterocycles. The molecule has 1 saturated carbocycles. The van der Waals surface area contributed by atoms with E-state index in [1.807, 2.05) is 0 Å². The molecule has 1 fully saturated rings. The normalized spacial score (nSPS) is 16.5. The van der Waals surface area contributed by atoms with Crippen molar-refractivity contribution in [2.24, 2.45) is 5.41 Å². The van der Waals surface area contributed by atoms with E-state index in [9.17, 15) is 9.59 Å². The summed E-state index contributed by atoms with van der Waals surface area (Å²) in [6.45, 7) is 0.749. The lowest BCUT2D eigenvalue weighted by Crippen LogP contribution is -2.34. The number of carboxylic acid groups (broad SMARTS) is 1. The first-order valence-electron chi connectivity index (χ1n) is 5.60. The molecule has 0 atom stereocenters. The summed E-state index contributed by atoms with van der Waals surface area (Å²) in [6, 6.07) is 1.79. The highest BCUT2D eigenvalue weighted by molar-refractivity contribution is 5.80. The molecule has 17 heavy (non-hydrogen) atoms. The van der Waals surface area contributed by atoms with Crippen molar-refractivity contribution in [3.8, 4) is 0 Å². The van der Waals surface area contributed by atoms with Gasteiger partial charge in [0.2, 0.25) is 5.91 Å². The number of carbonyl (C=O) groups is 2. The Bertz CT molecular complexity index is 410. The van der Waals surface area contributed by atoms with E-state index in [1.165, 1.54) is 0 Å². The van der Waals surface area contributed by atoms with E-state index < -0.39 is 11.4 Å². The van der Waals surface area contributed by atoms with Gasteiger partial charge in [0.05, 0.1) is 5.41 Å². The Balaban J connectivity index is 1.70. The SMILES string of the molecule is O=C(CCn1cccn1)NCC1(C(=O)O)CC1. The van der Waals surface area contributed by atoms with Crippen LogP contribution in [0.15, 0.2) is 18.5 Å². The first-order chi connectivity index (χ1) is 8.12. The van der Waals surface area contributed by atoms with Crippen LogP contribution in [0.5, 0.6) is 0 Å². The van der Waals surface area contributed by atoms with Gasteiger partial charge in [-0.3, -0.25) is 14.3 Å². The molecule has 2 N–H and O–H groups in total. The van der Waals surface area contributed by atoms with E-state index in [0.29, 0.717) is 25.8 Å².